The van der Waals surface area contributed by atoms with Crippen molar-refractivity contribution in [2.24, 2.45) is 22.2 Å². The lowest BCUT2D eigenvalue weighted by Gasteiger charge is -2.11. The Balaban J connectivity index is 0.000000512. The smallest absolute Gasteiger partial charge is 0.248 e. The molecule has 1 amide bonds. The number of nitrogens with one attached hydrogen (secondary N) is 1. The van der Waals surface area contributed by atoms with Crippen LogP contribution in [0.25, 0.3) is 22.0 Å². The summed E-state index contributed by atoms with van der Waals surface area (Å²) in [5, 5.41) is 8.35. The van der Waals surface area contributed by atoms with E-state index in [4.69, 9.17) is 34.2 Å². The van der Waals surface area contributed by atoms with Gasteiger partial charge in [0.15, 0.2) is 5.96 Å². The fraction of sp³-hybridized carbons (Fsp3) is 0.281. The summed E-state index contributed by atoms with van der Waals surface area (Å²) in [5.74, 6) is -0.530. The fourth-order valence-electron chi connectivity index (χ4n) is 4.73. The predicted octanol–water partition coefficient (Wildman–Crippen LogP) is 5.08. The number of guanidine groups is 2. The quantitative estimate of drug-likeness (QED) is 0.113. The summed E-state index contributed by atoms with van der Waals surface area (Å²) in [6, 6.07) is 20.8. The lowest BCUT2D eigenvalue weighted by molar-refractivity contribution is 0.100. The molecule has 4 rings (SSSR count). The first-order valence-corrected chi connectivity index (χ1v) is 16.1. The Hall–Kier alpha value is -4.35. The van der Waals surface area contributed by atoms with Crippen molar-refractivity contribution in [3.05, 3.63) is 94.1 Å². The van der Waals surface area contributed by atoms with Crippen LogP contribution in [0.15, 0.2) is 71.7 Å². The number of nitrogens with two attached hydrogens (primary N) is 3. The molecule has 0 aliphatic rings. The predicted molar refractivity (Wildman–Crippen MR) is 181 cm³/mol. The molecule has 0 aliphatic carbocycles. The largest absolute Gasteiger partial charge is 0.370 e. The van der Waals surface area contributed by atoms with Gasteiger partial charge in [-0.25, -0.2) is 12.4 Å². The van der Waals surface area contributed by atoms with Crippen molar-refractivity contribution in [1.29, 1.82) is 5.41 Å². The molecule has 0 aliphatic heterocycles. The van der Waals surface area contributed by atoms with Crippen molar-refractivity contribution in [2.75, 3.05) is 19.8 Å². The number of benzene rings is 3. The topological polar surface area (TPSA) is 174 Å². The molecule has 44 heavy (non-hydrogen) atoms. The van der Waals surface area contributed by atoms with Gasteiger partial charge >= 0.3 is 0 Å². The fourth-order valence-corrected chi connectivity index (χ4v) is 6.71. The number of amides is 1. The Kier molecular flexibility index (Phi) is 11.6. The zero-order chi connectivity index (χ0) is 32.6. The molecular formula is C32H40ClN7O3S. The minimum Gasteiger partial charge on any atom is -0.370 e. The maximum atomic E-state index is 13.3. The van der Waals surface area contributed by atoms with Crippen molar-refractivity contribution < 1.29 is 13.2 Å². The number of aliphatic imine (C=N–C) groups is 1. The lowest BCUT2D eigenvalue weighted by Crippen LogP contribution is -2.28. The van der Waals surface area contributed by atoms with Gasteiger partial charge in [0, 0.05) is 42.2 Å². The van der Waals surface area contributed by atoms with Gasteiger partial charge in [0.05, 0.1) is 11.3 Å². The zero-order valence-electron chi connectivity index (χ0n) is 25.5. The Morgan fingerprint density at radius 3 is 2.20 bits per heavy atom. The van der Waals surface area contributed by atoms with E-state index in [9.17, 15) is 13.2 Å². The molecule has 0 radical (unpaired) electrons. The van der Waals surface area contributed by atoms with E-state index in [0.29, 0.717) is 40.0 Å². The molecule has 4 aromatic rings. The van der Waals surface area contributed by atoms with Gasteiger partial charge in [-0.3, -0.25) is 10.2 Å². The third-order valence-corrected chi connectivity index (χ3v) is 9.22. The maximum Gasteiger partial charge on any atom is 0.248 e. The van der Waals surface area contributed by atoms with Crippen molar-refractivity contribution in [1.82, 2.24) is 8.87 Å². The van der Waals surface area contributed by atoms with Crippen LogP contribution in [0.5, 0.6) is 0 Å². The summed E-state index contributed by atoms with van der Waals surface area (Å²) in [5.41, 5.74) is 20.8. The maximum absolute atomic E-state index is 13.3. The van der Waals surface area contributed by atoms with Gasteiger partial charge in [-0.2, -0.15) is 4.99 Å². The van der Waals surface area contributed by atoms with Crippen molar-refractivity contribution in [3.8, 4) is 11.1 Å². The molecule has 12 heteroatoms. The highest BCUT2D eigenvalue weighted by Gasteiger charge is 2.24. The highest BCUT2D eigenvalue weighted by atomic mass is 35.5. The number of carbonyl (C=O) groups is 1. The zero-order valence-corrected chi connectivity index (χ0v) is 27.0. The van der Waals surface area contributed by atoms with Crippen LogP contribution in [-0.2, 0) is 16.4 Å². The third kappa shape index (κ3) is 8.39. The number of nitrogens with zero attached hydrogens (tertiary/aromatic N) is 3. The standard InChI is InChI=1S/C28H29ClN2O3S.C4H11N5/c1-3-4-8-15-35(33,34)31-19(2)24(25-17-23(28(30)32)13-14-27(25)31)16-22-12-11-21(18-26(22)29)20-9-6-5-7-10-20;1-9(2)4(7)8-3(5)6/h5-7,9-14,17-18H,3-4,8,15-16H2,1-2H3,(H2,30,32);1-2H3,(H5,5,6,7,8). The Morgan fingerprint density at radius 2 is 1.66 bits per heavy atom. The van der Waals surface area contributed by atoms with Crippen molar-refractivity contribution in [3.63, 3.8) is 0 Å². The number of fused-ring (bicyclic) bond motifs is 1. The molecule has 10 nitrogen and oxygen atoms in total. The summed E-state index contributed by atoms with van der Waals surface area (Å²) in [6.45, 7) is 3.85. The minimum absolute atomic E-state index is 0.0509. The van der Waals surface area contributed by atoms with E-state index in [-0.39, 0.29) is 17.7 Å². The normalized spacial score (nSPS) is 11.0. The molecule has 1 aromatic heterocycles. The van der Waals surface area contributed by atoms with E-state index in [1.54, 1.807) is 32.3 Å². The molecule has 1 heterocycles. The average molecular weight is 638 g/mol. The van der Waals surface area contributed by atoms with E-state index in [0.717, 1.165) is 35.1 Å². The highest BCUT2D eigenvalue weighted by molar-refractivity contribution is 7.90. The number of rotatable bonds is 9. The summed E-state index contributed by atoms with van der Waals surface area (Å²) < 4.78 is 28.1. The van der Waals surface area contributed by atoms with Gasteiger partial charge in [-0.1, -0.05) is 73.8 Å². The van der Waals surface area contributed by atoms with Gasteiger partial charge in [-0.15, -0.1) is 0 Å². The summed E-state index contributed by atoms with van der Waals surface area (Å²) >= 11 is 6.70. The van der Waals surface area contributed by atoms with E-state index in [1.165, 1.54) is 8.87 Å². The van der Waals surface area contributed by atoms with Gasteiger partial charge in [0.1, 0.15) is 0 Å². The highest BCUT2D eigenvalue weighted by Crippen LogP contribution is 2.33. The number of aromatic nitrogens is 1. The Morgan fingerprint density at radius 1 is 0.977 bits per heavy atom. The summed E-state index contributed by atoms with van der Waals surface area (Å²) in [6.07, 6.45) is 2.81. The van der Waals surface area contributed by atoms with Crippen LogP contribution >= 0.6 is 11.6 Å². The molecule has 0 saturated heterocycles. The lowest BCUT2D eigenvalue weighted by atomic mass is 9.98. The van der Waals surface area contributed by atoms with E-state index in [1.807, 2.05) is 62.4 Å². The van der Waals surface area contributed by atoms with E-state index in [2.05, 4.69) is 4.99 Å². The van der Waals surface area contributed by atoms with Gasteiger partial charge in [0.2, 0.25) is 21.9 Å². The molecular weight excluding hydrogens is 598 g/mol. The second kappa shape index (κ2) is 14.9. The summed E-state index contributed by atoms with van der Waals surface area (Å²) in [4.78, 5) is 16.8. The van der Waals surface area contributed by atoms with Crippen LogP contribution in [0, 0.1) is 12.3 Å². The van der Waals surface area contributed by atoms with Gasteiger partial charge in [-0.05, 0) is 59.9 Å². The van der Waals surface area contributed by atoms with Crippen LogP contribution in [0.1, 0.15) is 53.4 Å². The molecule has 0 bridgehead atoms. The SMILES string of the molecule is CCCCCS(=O)(=O)n1c(C)c(Cc2ccc(-c3ccccc3)cc2Cl)c2cc(C(N)=O)ccc21.CN(C)C(=N)N=C(N)N. The summed E-state index contributed by atoms with van der Waals surface area (Å²) in [7, 11) is -0.201. The molecule has 7 N–H and O–H groups in total. The Bertz CT molecular complexity index is 1780. The monoisotopic (exact) mass is 637 g/mol. The number of primary amides is 1. The average Bonchev–Trinajstić information content (AvgIpc) is 3.25. The number of hydrogen-bond donors (Lipinski definition) is 4. The van der Waals surface area contributed by atoms with Gasteiger partial charge in [0.25, 0.3) is 0 Å². The van der Waals surface area contributed by atoms with Crippen LogP contribution in [0.2, 0.25) is 5.02 Å². The molecule has 0 fully saturated rings. The van der Waals surface area contributed by atoms with E-state index >= 15 is 0 Å². The number of carbonyl (C=O) groups excluding carboxylic acids is 1. The minimum atomic E-state index is -3.58. The first-order valence-electron chi connectivity index (χ1n) is 14.1. The Labute approximate surface area is 264 Å². The first-order chi connectivity index (χ1) is 20.8. The van der Waals surface area contributed by atoms with Crippen molar-refractivity contribution in [2.45, 2.75) is 39.5 Å². The third-order valence-electron chi connectivity index (χ3n) is 7.04. The van der Waals surface area contributed by atoms with Crippen molar-refractivity contribution >= 4 is 50.4 Å². The van der Waals surface area contributed by atoms with Crippen LogP contribution < -0.4 is 17.2 Å². The second-order valence-corrected chi connectivity index (χ2v) is 12.9. The second-order valence-electron chi connectivity index (χ2n) is 10.6. The molecule has 0 unspecified atom stereocenters. The molecule has 234 valence electrons. The molecule has 0 saturated carbocycles. The molecule has 3 aromatic carbocycles. The first kappa shape index (κ1) is 34.1. The molecule has 0 atom stereocenters. The van der Waals surface area contributed by atoms with Gasteiger partial charge < -0.3 is 22.1 Å². The van der Waals surface area contributed by atoms with E-state index < -0.39 is 15.9 Å². The van der Waals surface area contributed by atoms with Crippen LogP contribution in [-0.4, -0.2) is 55.0 Å². The number of unbranched alkanes of at least 4 members (excludes halogenated alkanes) is 2. The van der Waals surface area contributed by atoms with Crippen LogP contribution in [0.4, 0.5) is 0 Å². The van der Waals surface area contributed by atoms with Crippen LogP contribution in [0.3, 0.4) is 0 Å². The number of halogens is 1. The number of hydrogen-bond acceptors (Lipinski definition) is 4. The molecule has 0 spiro atoms.